The van der Waals surface area contributed by atoms with Crippen LogP contribution in [-0.4, -0.2) is 28.0 Å². The highest BCUT2D eigenvalue weighted by Gasteiger charge is 2.22. The highest BCUT2D eigenvalue weighted by molar-refractivity contribution is 5.24. The number of nitrogens with one attached hydrogen (secondary N) is 1. The van der Waals surface area contributed by atoms with Gasteiger partial charge in [-0.05, 0) is 19.3 Å². The summed E-state index contributed by atoms with van der Waals surface area (Å²) < 4.78 is 1.96. The van der Waals surface area contributed by atoms with E-state index >= 15 is 0 Å². The first-order chi connectivity index (χ1) is 6.83. The Bertz CT molecular complexity index is 308. The van der Waals surface area contributed by atoms with Crippen molar-refractivity contribution in [3.05, 3.63) is 17.5 Å². The fraction of sp³-hybridized carbons (Fsp3) is 0.700. The SMILES string of the molecule is Cn1ncc2c1CCCC2NCCO. The maximum Gasteiger partial charge on any atom is 0.0556 e. The Kier molecular flexibility index (Phi) is 2.84. The van der Waals surface area contributed by atoms with E-state index in [4.69, 9.17) is 5.11 Å². The zero-order valence-corrected chi connectivity index (χ0v) is 8.53. The van der Waals surface area contributed by atoms with Gasteiger partial charge in [0.15, 0.2) is 0 Å². The highest BCUT2D eigenvalue weighted by Crippen LogP contribution is 2.28. The molecule has 0 spiro atoms. The molecule has 0 saturated carbocycles. The number of fused-ring (bicyclic) bond motifs is 1. The molecule has 1 aromatic heterocycles. The van der Waals surface area contributed by atoms with E-state index < -0.39 is 0 Å². The fourth-order valence-electron chi connectivity index (χ4n) is 2.16. The number of aliphatic hydroxyl groups is 1. The van der Waals surface area contributed by atoms with Crippen molar-refractivity contribution in [3.63, 3.8) is 0 Å². The van der Waals surface area contributed by atoms with Crippen molar-refractivity contribution in [1.29, 1.82) is 0 Å². The summed E-state index contributed by atoms with van der Waals surface area (Å²) in [5.41, 5.74) is 2.65. The lowest BCUT2D eigenvalue weighted by molar-refractivity contribution is 0.280. The van der Waals surface area contributed by atoms with Crippen molar-refractivity contribution in [2.75, 3.05) is 13.2 Å². The van der Waals surface area contributed by atoms with Crippen LogP contribution in [0.15, 0.2) is 6.20 Å². The number of hydrogen-bond donors (Lipinski definition) is 2. The lowest BCUT2D eigenvalue weighted by atomic mass is 9.93. The molecule has 0 bridgehead atoms. The van der Waals surface area contributed by atoms with Gasteiger partial charge in [-0.15, -0.1) is 0 Å². The van der Waals surface area contributed by atoms with Crippen LogP contribution in [0.1, 0.15) is 30.1 Å². The van der Waals surface area contributed by atoms with Crippen LogP contribution >= 0.6 is 0 Å². The Morgan fingerprint density at radius 2 is 2.57 bits per heavy atom. The van der Waals surface area contributed by atoms with E-state index in [1.165, 1.54) is 17.7 Å². The molecule has 0 saturated heterocycles. The third-order valence-corrected chi connectivity index (χ3v) is 2.88. The number of aromatic nitrogens is 2. The summed E-state index contributed by atoms with van der Waals surface area (Å²) >= 11 is 0. The van der Waals surface area contributed by atoms with Crippen molar-refractivity contribution >= 4 is 0 Å². The molecule has 2 N–H and O–H groups in total. The molecular formula is C10H17N3O. The smallest absolute Gasteiger partial charge is 0.0556 e. The molecule has 14 heavy (non-hydrogen) atoms. The summed E-state index contributed by atoms with van der Waals surface area (Å²) in [6.07, 6.45) is 5.43. The van der Waals surface area contributed by atoms with Crippen LogP contribution in [0, 0.1) is 0 Å². The maximum absolute atomic E-state index is 8.77. The molecule has 0 radical (unpaired) electrons. The summed E-state index contributed by atoms with van der Waals surface area (Å²) in [5, 5.41) is 16.4. The second-order valence-corrected chi connectivity index (χ2v) is 3.79. The number of rotatable bonds is 3. The minimum absolute atomic E-state index is 0.200. The van der Waals surface area contributed by atoms with Crippen LogP contribution in [0.2, 0.25) is 0 Å². The van der Waals surface area contributed by atoms with Gasteiger partial charge in [-0.1, -0.05) is 0 Å². The van der Waals surface area contributed by atoms with E-state index in [0.29, 0.717) is 12.6 Å². The van der Waals surface area contributed by atoms with E-state index in [2.05, 4.69) is 10.4 Å². The Morgan fingerprint density at radius 1 is 1.71 bits per heavy atom. The minimum Gasteiger partial charge on any atom is -0.395 e. The van der Waals surface area contributed by atoms with Gasteiger partial charge < -0.3 is 10.4 Å². The fourth-order valence-corrected chi connectivity index (χ4v) is 2.16. The quantitative estimate of drug-likeness (QED) is 0.733. The second-order valence-electron chi connectivity index (χ2n) is 3.79. The van der Waals surface area contributed by atoms with Crippen LogP contribution in [0.4, 0.5) is 0 Å². The summed E-state index contributed by atoms with van der Waals surface area (Å²) in [7, 11) is 1.99. The zero-order chi connectivity index (χ0) is 9.97. The molecule has 2 rings (SSSR count). The van der Waals surface area contributed by atoms with Gasteiger partial charge in [0.05, 0.1) is 12.8 Å². The molecule has 1 aromatic rings. The molecular weight excluding hydrogens is 178 g/mol. The monoisotopic (exact) mass is 195 g/mol. The van der Waals surface area contributed by atoms with Gasteiger partial charge in [0, 0.05) is 30.9 Å². The predicted molar refractivity (Wildman–Crippen MR) is 54.0 cm³/mol. The minimum atomic E-state index is 0.200. The predicted octanol–water partition coefficient (Wildman–Crippen LogP) is 0.379. The van der Waals surface area contributed by atoms with Crippen molar-refractivity contribution in [3.8, 4) is 0 Å². The number of nitrogens with zero attached hydrogens (tertiary/aromatic N) is 2. The van der Waals surface area contributed by atoms with Gasteiger partial charge in [-0.3, -0.25) is 4.68 Å². The number of hydrogen-bond acceptors (Lipinski definition) is 3. The molecule has 1 aliphatic carbocycles. The van der Waals surface area contributed by atoms with E-state index in [1.807, 2.05) is 17.9 Å². The summed E-state index contributed by atoms with van der Waals surface area (Å²) in [6.45, 7) is 0.866. The van der Waals surface area contributed by atoms with Crippen molar-refractivity contribution in [1.82, 2.24) is 15.1 Å². The van der Waals surface area contributed by atoms with Gasteiger partial charge in [-0.2, -0.15) is 5.10 Å². The van der Waals surface area contributed by atoms with Gasteiger partial charge in [0.1, 0.15) is 0 Å². The number of aryl methyl sites for hydroxylation is 1. The normalized spacial score (nSPS) is 20.9. The third-order valence-electron chi connectivity index (χ3n) is 2.88. The second kappa shape index (κ2) is 4.11. The van der Waals surface area contributed by atoms with E-state index in [-0.39, 0.29) is 6.61 Å². The lowest BCUT2D eigenvalue weighted by Crippen LogP contribution is -2.27. The molecule has 0 amide bonds. The summed E-state index contributed by atoms with van der Waals surface area (Å²) in [6, 6.07) is 0.389. The average Bonchev–Trinajstić information content (AvgIpc) is 2.58. The van der Waals surface area contributed by atoms with Crippen LogP contribution in [0.5, 0.6) is 0 Å². The Morgan fingerprint density at radius 3 is 3.36 bits per heavy atom. The first kappa shape index (κ1) is 9.68. The first-order valence-corrected chi connectivity index (χ1v) is 5.18. The number of aliphatic hydroxyl groups excluding tert-OH is 1. The highest BCUT2D eigenvalue weighted by atomic mass is 16.3. The van der Waals surface area contributed by atoms with Crippen molar-refractivity contribution in [2.24, 2.45) is 7.05 Å². The molecule has 4 heteroatoms. The molecule has 0 fully saturated rings. The Hall–Kier alpha value is -0.870. The zero-order valence-electron chi connectivity index (χ0n) is 8.53. The lowest BCUT2D eigenvalue weighted by Gasteiger charge is -2.23. The average molecular weight is 195 g/mol. The molecule has 1 unspecified atom stereocenters. The molecule has 1 atom stereocenters. The molecule has 4 nitrogen and oxygen atoms in total. The Labute approximate surface area is 83.9 Å². The molecule has 78 valence electrons. The van der Waals surface area contributed by atoms with Crippen LogP contribution < -0.4 is 5.32 Å². The van der Waals surface area contributed by atoms with E-state index in [9.17, 15) is 0 Å². The molecule has 0 aromatic carbocycles. The van der Waals surface area contributed by atoms with Crippen molar-refractivity contribution < 1.29 is 5.11 Å². The molecule has 1 heterocycles. The van der Waals surface area contributed by atoms with Crippen molar-refractivity contribution in [2.45, 2.75) is 25.3 Å². The van der Waals surface area contributed by atoms with Gasteiger partial charge in [0.2, 0.25) is 0 Å². The van der Waals surface area contributed by atoms with E-state index in [0.717, 1.165) is 12.8 Å². The Balaban J connectivity index is 2.14. The molecule has 1 aliphatic rings. The summed E-state index contributed by atoms with van der Waals surface area (Å²) in [4.78, 5) is 0. The summed E-state index contributed by atoms with van der Waals surface area (Å²) in [5.74, 6) is 0. The first-order valence-electron chi connectivity index (χ1n) is 5.18. The van der Waals surface area contributed by atoms with Gasteiger partial charge >= 0.3 is 0 Å². The molecule has 0 aliphatic heterocycles. The van der Waals surface area contributed by atoms with Crippen LogP contribution in [0.25, 0.3) is 0 Å². The van der Waals surface area contributed by atoms with Gasteiger partial charge in [-0.25, -0.2) is 0 Å². The topological polar surface area (TPSA) is 50.1 Å². The third kappa shape index (κ3) is 1.67. The van der Waals surface area contributed by atoms with Crippen LogP contribution in [-0.2, 0) is 13.5 Å². The largest absolute Gasteiger partial charge is 0.395 e. The van der Waals surface area contributed by atoms with Gasteiger partial charge in [0.25, 0.3) is 0 Å². The maximum atomic E-state index is 8.77. The standard InChI is InChI=1S/C10H17N3O/c1-13-10-4-2-3-9(11-5-6-14)8(10)7-12-13/h7,9,11,14H,2-6H2,1H3. The van der Waals surface area contributed by atoms with Crippen LogP contribution in [0.3, 0.4) is 0 Å². The van der Waals surface area contributed by atoms with E-state index in [1.54, 1.807) is 0 Å².